The fourth-order valence-corrected chi connectivity index (χ4v) is 3.21. The summed E-state index contributed by atoms with van der Waals surface area (Å²) in [6.45, 7) is 0. The van der Waals surface area contributed by atoms with Crippen molar-refractivity contribution >= 4 is 35.6 Å². The Morgan fingerprint density at radius 1 is 0.615 bits per heavy atom. The lowest BCUT2D eigenvalue weighted by Gasteiger charge is -2.27. The van der Waals surface area contributed by atoms with Gasteiger partial charge in [-0.25, -0.2) is 9.59 Å². The first-order chi connectivity index (χ1) is 12.4. The summed E-state index contributed by atoms with van der Waals surface area (Å²) in [5.74, 6) is -4.58. The highest BCUT2D eigenvalue weighted by Gasteiger charge is 2.39. The first kappa shape index (κ1) is 18.0. The molecule has 0 N–H and O–H groups in total. The number of imide groups is 2. The van der Waals surface area contributed by atoms with Crippen molar-refractivity contribution in [2.75, 3.05) is 0 Å². The van der Waals surface area contributed by atoms with Crippen molar-refractivity contribution in [3.63, 3.8) is 0 Å². The predicted octanol–water partition coefficient (Wildman–Crippen LogP) is 0.00720. The Bertz CT molecular complexity index is 590. The smallest absolute Gasteiger partial charge is 0.330 e. The van der Waals surface area contributed by atoms with Crippen LogP contribution >= 0.6 is 0 Å². The van der Waals surface area contributed by atoms with Gasteiger partial charge in [-0.15, -0.1) is 10.1 Å². The highest BCUT2D eigenvalue weighted by Crippen LogP contribution is 2.31. The molecule has 10 nitrogen and oxygen atoms in total. The summed E-state index contributed by atoms with van der Waals surface area (Å²) in [5.41, 5.74) is 0. The van der Waals surface area contributed by atoms with Gasteiger partial charge in [0.15, 0.2) is 0 Å². The summed E-state index contributed by atoms with van der Waals surface area (Å²) in [4.78, 5) is 79.9. The Hall–Kier alpha value is -2.78. The van der Waals surface area contributed by atoms with E-state index in [-0.39, 0.29) is 25.7 Å². The number of amides is 4. The van der Waals surface area contributed by atoms with E-state index < -0.39 is 47.4 Å². The zero-order valence-corrected chi connectivity index (χ0v) is 14.0. The average Bonchev–Trinajstić information content (AvgIpc) is 3.12. The Labute approximate surface area is 148 Å². The third-order valence-electron chi connectivity index (χ3n) is 4.77. The summed E-state index contributed by atoms with van der Waals surface area (Å²) >= 11 is 0. The second-order valence-corrected chi connectivity index (χ2v) is 6.53. The summed E-state index contributed by atoms with van der Waals surface area (Å²) in [6.07, 6.45) is 1.37. The van der Waals surface area contributed by atoms with Crippen molar-refractivity contribution in [2.24, 2.45) is 11.8 Å². The Balaban J connectivity index is 1.47. The van der Waals surface area contributed by atoms with Crippen LogP contribution in [0.25, 0.3) is 0 Å². The number of hydroxylamine groups is 4. The van der Waals surface area contributed by atoms with Crippen molar-refractivity contribution in [3.05, 3.63) is 0 Å². The molecule has 2 saturated heterocycles. The molecule has 1 aliphatic carbocycles. The van der Waals surface area contributed by atoms with Gasteiger partial charge in [0.2, 0.25) is 0 Å². The molecule has 3 fully saturated rings. The Morgan fingerprint density at radius 2 is 0.885 bits per heavy atom. The minimum atomic E-state index is -0.676. The summed E-state index contributed by atoms with van der Waals surface area (Å²) in [6, 6.07) is 0. The maximum Gasteiger partial charge on any atom is 0.336 e. The lowest BCUT2D eigenvalue weighted by Crippen LogP contribution is -2.38. The maximum absolute atomic E-state index is 12.1. The highest BCUT2D eigenvalue weighted by molar-refractivity contribution is 6.02. The van der Waals surface area contributed by atoms with Gasteiger partial charge in [0, 0.05) is 25.7 Å². The van der Waals surface area contributed by atoms with Crippen LogP contribution in [0.4, 0.5) is 0 Å². The van der Waals surface area contributed by atoms with E-state index in [9.17, 15) is 28.8 Å². The van der Waals surface area contributed by atoms with Crippen LogP contribution in [0.2, 0.25) is 0 Å². The quantitative estimate of drug-likeness (QED) is 0.637. The number of nitrogens with zero attached hydrogens (tertiary/aromatic N) is 2. The fourth-order valence-electron chi connectivity index (χ4n) is 3.21. The summed E-state index contributed by atoms with van der Waals surface area (Å²) < 4.78 is 0. The molecule has 26 heavy (non-hydrogen) atoms. The molecular formula is C16H18N2O8. The number of carbonyl (C=O) groups is 6. The standard InChI is InChI=1S/C16H18N2O8/c19-11-5-6-12(20)17(11)25-15(23)9-1-2-10(4-3-9)16(24)26-18-13(21)7-8-14(18)22/h9-10H,1-8H2/t9-,10+. The van der Waals surface area contributed by atoms with E-state index in [1.807, 2.05) is 0 Å². The van der Waals surface area contributed by atoms with Crippen molar-refractivity contribution in [2.45, 2.75) is 51.4 Å². The molecule has 140 valence electrons. The molecule has 0 aromatic carbocycles. The zero-order valence-electron chi connectivity index (χ0n) is 14.0. The van der Waals surface area contributed by atoms with Crippen molar-refractivity contribution in [1.82, 2.24) is 10.1 Å². The molecule has 3 rings (SSSR count). The number of carbonyl (C=O) groups excluding carboxylic acids is 6. The molecule has 0 bridgehead atoms. The van der Waals surface area contributed by atoms with E-state index in [0.29, 0.717) is 35.8 Å². The lowest BCUT2D eigenvalue weighted by molar-refractivity contribution is -0.204. The van der Waals surface area contributed by atoms with Crippen LogP contribution in [-0.2, 0) is 38.4 Å². The maximum atomic E-state index is 12.1. The molecule has 0 radical (unpaired) electrons. The highest BCUT2D eigenvalue weighted by atomic mass is 16.7. The molecule has 1 saturated carbocycles. The molecule has 2 aliphatic heterocycles. The van der Waals surface area contributed by atoms with Crippen LogP contribution < -0.4 is 0 Å². The number of hydrogen-bond acceptors (Lipinski definition) is 8. The van der Waals surface area contributed by atoms with E-state index in [4.69, 9.17) is 9.68 Å². The molecule has 4 amide bonds. The van der Waals surface area contributed by atoms with Gasteiger partial charge in [0.1, 0.15) is 0 Å². The van der Waals surface area contributed by atoms with Crippen LogP contribution in [0.1, 0.15) is 51.4 Å². The minimum absolute atomic E-state index is 0.0264. The van der Waals surface area contributed by atoms with E-state index in [1.54, 1.807) is 0 Å². The lowest BCUT2D eigenvalue weighted by atomic mass is 9.82. The number of rotatable bonds is 4. The Morgan fingerprint density at radius 3 is 1.15 bits per heavy atom. The van der Waals surface area contributed by atoms with Gasteiger partial charge < -0.3 is 9.68 Å². The second-order valence-electron chi connectivity index (χ2n) is 6.53. The van der Waals surface area contributed by atoms with E-state index in [1.165, 1.54) is 0 Å². The monoisotopic (exact) mass is 366 g/mol. The second kappa shape index (κ2) is 7.22. The average molecular weight is 366 g/mol. The van der Waals surface area contributed by atoms with E-state index in [0.717, 1.165) is 0 Å². The molecule has 3 aliphatic rings. The first-order valence-electron chi connectivity index (χ1n) is 8.52. The molecule has 0 aromatic heterocycles. The van der Waals surface area contributed by atoms with Crippen LogP contribution in [0, 0.1) is 11.8 Å². The van der Waals surface area contributed by atoms with Crippen LogP contribution in [0.15, 0.2) is 0 Å². The first-order valence-corrected chi connectivity index (χ1v) is 8.52. The summed E-state index contributed by atoms with van der Waals surface area (Å²) in [5, 5.41) is 1.01. The topological polar surface area (TPSA) is 127 Å². The van der Waals surface area contributed by atoms with Gasteiger partial charge >= 0.3 is 11.9 Å². The van der Waals surface area contributed by atoms with Crippen molar-refractivity contribution in [3.8, 4) is 0 Å². The third-order valence-corrected chi connectivity index (χ3v) is 4.77. The zero-order chi connectivity index (χ0) is 18.8. The molecular weight excluding hydrogens is 348 g/mol. The Kier molecular flexibility index (Phi) is 5.01. The number of hydrogen-bond donors (Lipinski definition) is 0. The van der Waals surface area contributed by atoms with Crippen molar-refractivity contribution in [1.29, 1.82) is 0 Å². The molecule has 10 heteroatoms. The van der Waals surface area contributed by atoms with Gasteiger partial charge in [-0.1, -0.05) is 0 Å². The molecule has 0 unspecified atom stereocenters. The van der Waals surface area contributed by atoms with Gasteiger partial charge in [0.05, 0.1) is 11.8 Å². The van der Waals surface area contributed by atoms with Crippen LogP contribution in [0.5, 0.6) is 0 Å². The largest absolute Gasteiger partial charge is 0.336 e. The van der Waals surface area contributed by atoms with Gasteiger partial charge in [0.25, 0.3) is 23.6 Å². The molecule has 2 heterocycles. The fraction of sp³-hybridized carbons (Fsp3) is 0.625. The van der Waals surface area contributed by atoms with Crippen LogP contribution in [0.3, 0.4) is 0 Å². The van der Waals surface area contributed by atoms with Crippen molar-refractivity contribution < 1.29 is 38.4 Å². The van der Waals surface area contributed by atoms with E-state index in [2.05, 4.69) is 0 Å². The summed E-state index contributed by atoms with van der Waals surface area (Å²) in [7, 11) is 0. The molecule has 0 atom stereocenters. The molecule has 0 aromatic rings. The van der Waals surface area contributed by atoms with Crippen LogP contribution in [-0.4, -0.2) is 45.7 Å². The molecule has 0 spiro atoms. The minimum Gasteiger partial charge on any atom is -0.330 e. The SMILES string of the molecule is O=C1CCC(=O)N1OC(=O)[C@H]1CC[C@@H](C(=O)ON2C(=O)CCC2=O)CC1. The normalized spacial score (nSPS) is 26.5. The van der Waals surface area contributed by atoms with Gasteiger partial charge in [-0.05, 0) is 25.7 Å². The third kappa shape index (κ3) is 3.58. The van der Waals surface area contributed by atoms with Gasteiger partial charge in [-0.2, -0.15) is 0 Å². The predicted molar refractivity (Wildman–Crippen MR) is 79.8 cm³/mol. The van der Waals surface area contributed by atoms with Gasteiger partial charge in [-0.3, -0.25) is 19.2 Å². The van der Waals surface area contributed by atoms with E-state index >= 15 is 0 Å².